The smallest absolute Gasteiger partial charge is 0.0672 e. The fourth-order valence-electron chi connectivity index (χ4n) is 2.57. The van der Waals surface area contributed by atoms with Crippen LogP contribution in [0.4, 0.5) is 0 Å². The van der Waals surface area contributed by atoms with Crippen molar-refractivity contribution >= 4 is 22.5 Å². The molecule has 0 bridgehead atoms. The molecule has 1 aromatic heterocycles. The van der Waals surface area contributed by atoms with Gasteiger partial charge in [-0.15, -0.1) is 0 Å². The molecule has 2 nitrogen and oxygen atoms in total. The number of nitrogens with zero attached hydrogens (tertiary/aromatic N) is 1. The molecular weight excluding hydrogens is 220 g/mol. The summed E-state index contributed by atoms with van der Waals surface area (Å²) in [6.07, 6.45) is 0. The van der Waals surface area contributed by atoms with Crippen molar-refractivity contribution in [2.24, 2.45) is 12.8 Å². The molecule has 1 aromatic carbocycles. The van der Waals surface area contributed by atoms with Crippen molar-refractivity contribution in [3.05, 3.63) is 34.5 Å². The lowest BCUT2D eigenvalue weighted by Crippen LogP contribution is -2.31. The monoisotopic (exact) mass is 236 g/mol. The van der Waals surface area contributed by atoms with Gasteiger partial charge in [-0.3, -0.25) is 0 Å². The first-order valence-electron chi connectivity index (χ1n) is 5.37. The summed E-state index contributed by atoms with van der Waals surface area (Å²) in [5, 5.41) is 1.96. The second-order valence-electron chi connectivity index (χ2n) is 4.89. The molecule has 0 aliphatic rings. The lowest BCUT2D eigenvalue weighted by Gasteiger charge is -2.21. The minimum absolute atomic E-state index is 0.360. The van der Waals surface area contributed by atoms with Crippen molar-refractivity contribution in [1.29, 1.82) is 0 Å². The first-order valence-corrected chi connectivity index (χ1v) is 5.74. The highest BCUT2D eigenvalue weighted by Crippen LogP contribution is 2.34. The summed E-state index contributed by atoms with van der Waals surface area (Å²) in [5.74, 6) is 0. The van der Waals surface area contributed by atoms with Crippen LogP contribution in [-0.4, -0.2) is 4.57 Å². The number of halogens is 1. The lowest BCUT2D eigenvalue weighted by molar-refractivity contribution is 0.513. The Bertz CT molecular complexity index is 547. The number of fused-ring (bicyclic) bond motifs is 1. The molecule has 16 heavy (non-hydrogen) atoms. The quantitative estimate of drug-likeness (QED) is 0.809. The molecule has 0 fully saturated rings. The number of aryl methyl sites for hydroxylation is 2. The van der Waals surface area contributed by atoms with Crippen LogP contribution in [0.25, 0.3) is 10.9 Å². The van der Waals surface area contributed by atoms with E-state index >= 15 is 0 Å². The maximum Gasteiger partial charge on any atom is 0.0672 e. The highest BCUT2D eigenvalue weighted by Gasteiger charge is 2.24. The minimum atomic E-state index is -0.360. The van der Waals surface area contributed by atoms with E-state index < -0.39 is 0 Å². The third-order valence-corrected chi connectivity index (χ3v) is 3.33. The summed E-state index contributed by atoms with van der Waals surface area (Å²) in [5.41, 5.74) is 9.26. The molecule has 2 rings (SSSR count). The molecular formula is C13H17ClN2. The van der Waals surface area contributed by atoms with Gasteiger partial charge in [0.25, 0.3) is 0 Å². The predicted molar refractivity (Wildman–Crippen MR) is 69.9 cm³/mol. The van der Waals surface area contributed by atoms with Crippen molar-refractivity contribution in [2.45, 2.75) is 26.3 Å². The van der Waals surface area contributed by atoms with Crippen LogP contribution in [0.5, 0.6) is 0 Å². The predicted octanol–water partition coefficient (Wildman–Crippen LogP) is 3.33. The van der Waals surface area contributed by atoms with E-state index in [0.29, 0.717) is 0 Å². The number of para-hydroxylation sites is 1. The van der Waals surface area contributed by atoms with Crippen LogP contribution < -0.4 is 5.73 Å². The van der Waals surface area contributed by atoms with E-state index in [2.05, 4.69) is 17.6 Å². The van der Waals surface area contributed by atoms with Crippen molar-refractivity contribution in [1.82, 2.24) is 4.57 Å². The zero-order chi connectivity index (χ0) is 12.1. The van der Waals surface area contributed by atoms with Gasteiger partial charge in [-0.2, -0.15) is 0 Å². The number of nitrogens with two attached hydrogens (primary N) is 1. The molecule has 0 saturated carbocycles. The Morgan fingerprint density at radius 3 is 2.44 bits per heavy atom. The van der Waals surface area contributed by atoms with E-state index in [-0.39, 0.29) is 5.54 Å². The third kappa shape index (κ3) is 1.53. The number of hydrogen-bond donors (Lipinski definition) is 1. The van der Waals surface area contributed by atoms with Gasteiger partial charge in [-0.05, 0) is 32.4 Å². The van der Waals surface area contributed by atoms with E-state index in [0.717, 1.165) is 16.2 Å². The van der Waals surface area contributed by atoms with Crippen molar-refractivity contribution in [2.75, 3.05) is 0 Å². The third-order valence-electron chi connectivity index (χ3n) is 3.03. The van der Waals surface area contributed by atoms with Gasteiger partial charge in [-0.25, -0.2) is 0 Å². The highest BCUT2D eigenvalue weighted by molar-refractivity contribution is 6.35. The summed E-state index contributed by atoms with van der Waals surface area (Å²) < 4.78 is 2.10. The molecule has 0 spiro atoms. The fraction of sp³-hybridized carbons (Fsp3) is 0.385. The standard InChI is InChI=1S/C13H17ClN2/c1-8-9-6-5-7-10(14)11(9)16(4)12(8)13(2,3)15/h5-7H,15H2,1-4H3. The molecule has 0 atom stereocenters. The zero-order valence-electron chi connectivity index (χ0n) is 10.1. The lowest BCUT2D eigenvalue weighted by atomic mass is 9.98. The van der Waals surface area contributed by atoms with Crippen molar-refractivity contribution in [3.63, 3.8) is 0 Å². The maximum atomic E-state index is 6.24. The van der Waals surface area contributed by atoms with E-state index in [1.165, 1.54) is 10.9 Å². The van der Waals surface area contributed by atoms with E-state index in [9.17, 15) is 0 Å². The van der Waals surface area contributed by atoms with Gasteiger partial charge in [0.15, 0.2) is 0 Å². The van der Waals surface area contributed by atoms with Gasteiger partial charge < -0.3 is 10.3 Å². The van der Waals surface area contributed by atoms with Crippen LogP contribution in [0.1, 0.15) is 25.1 Å². The Morgan fingerprint density at radius 1 is 1.31 bits per heavy atom. The molecule has 0 amide bonds. The van der Waals surface area contributed by atoms with Gasteiger partial charge >= 0.3 is 0 Å². The topological polar surface area (TPSA) is 30.9 Å². The first-order chi connectivity index (χ1) is 7.34. The SMILES string of the molecule is Cc1c(C(C)(C)N)n(C)c2c(Cl)cccc12. The van der Waals surface area contributed by atoms with E-state index in [1.807, 2.05) is 33.0 Å². The summed E-state index contributed by atoms with van der Waals surface area (Å²) in [7, 11) is 2.02. The van der Waals surface area contributed by atoms with Crippen molar-refractivity contribution < 1.29 is 0 Å². The Hall–Kier alpha value is -0.990. The van der Waals surface area contributed by atoms with Gasteiger partial charge in [-0.1, -0.05) is 23.7 Å². The van der Waals surface area contributed by atoms with Gasteiger partial charge in [0.05, 0.1) is 16.1 Å². The van der Waals surface area contributed by atoms with Gasteiger partial charge in [0.1, 0.15) is 0 Å². The van der Waals surface area contributed by atoms with Crippen LogP contribution in [-0.2, 0) is 12.6 Å². The largest absolute Gasteiger partial charge is 0.345 e. The normalized spacial score (nSPS) is 12.4. The summed E-state index contributed by atoms with van der Waals surface area (Å²) in [6.45, 7) is 6.13. The number of rotatable bonds is 1. The molecule has 0 aliphatic carbocycles. The maximum absolute atomic E-state index is 6.24. The molecule has 2 N–H and O–H groups in total. The molecule has 2 aromatic rings. The average Bonchev–Trinajstić information content (AvgIpc) is 2.39. The minimum Gasteiger partial charge on any atom is -0.345 e. The van der Waals surface area contributed by atoms with Crippen LogP contribution in [0.15, 0.2) is 18.2 Å². The Morgan fingerprint density at radius 2 is 1.94 bits per heavy atom. The summed E-state index contributed by atoms with van der Waals surface area (Å²) in [6, 6.07) is 5.98. The number of hydrogen-bond acceptors (Lipinski definition) is 1. The first kappa shape index (κ1) is 11.5. The molecule has 86 valence electrons. The second kappa shape index (κ2) is 3.51. The fourth-order valence-corrected chi connectivity index (χ4v) is 2.87. The Labute approximate surface area is 101 Å². The number of aromatic nitrogens is 1. The molecule has 0 aliphatic heterocycles. The second-order valence-corrected chi connectivity index (χ2v) is 5.30. The number of benzene rings is 1. The van der Waals surface area contributed by atoms with Gasteiger partial charge in [0.2, 0.25) is 0 Å². The average molecular weight is 237 g/mol. The van der Waals surface area contributed by atoms with Crippen LogP contribution in [0.2, 0.25) is 5.02 Å². The van der Waals surface area contributed by atoms with Gasteiger partial charge in [0, 0.05) is 18.1 Å². The molecule has 1 heterocycles. The van der Waals surface area contributed by atoms with Crippen LogP contribution in [0.3, 0.4) is 0 Å². The highest BCUT2D eigenvalue weighted by atomic mass is 35.5. The van der Waals surface area contributed by atoms with E-state index in [4.69, 9.17) is 17.3 Å². The summed E-state index contributed by atoms with van der Waals surface area (Å²) >= 11 is 6.24. The summed E-state index contributed by atoms with van der Waals surface area (Å²) in [4.78, 5) is 0. The molecule has 0 saturated heterocycles. The van der Waals surface area contributed by atoms with Crippen molar-refractivity contribution in [3.8, 4) is 0 Å². The van der Waals surface area contributed by atoms with E-state index in [1.54, 1.807) is 0 Å². The molecule has 3 heteroatoms. The zero-order valence-corrected chi connectivity index (χ0v) is 10.9. The Kier molecular flexibility index (Phi) is 2.52. The van der Waals surface area contributed by atoms with Crippen LogP contribution in [0, 0.1) is 6.92 Å². The molecule has 0 unspecified atom stereocenters. The Balaban J connectivity index is 2.94. The molecule has 0 radical (unpaired) electrons. The van der Waals surface area contributed by atoms with Crippen LogP contribution >= 0.6 is 11.6 Å².